The molecule has 0 saturated heterocycles. The smallest absolute Gasteiger partial charge is 0.227 e. The lowest BCUT2D eigenvalue weighted by molar-refractivity contribution is -0.120. The Morgan fingerprint density at radius 1 is 1.59 bits per heavy atom. The van der Waals surface area contributed by atoms with Gasteiger partial charge in [-0.3, -0.25) is 9.48 Å². The minimum atomic E-state index is 0.0540. The normalized spacial score (nSPS) is 24.6. The quantitative estimate of drug-likeness (QED) is 0.810. The average molecular weight is 236 g/mol. The summed E-state index contributed by atoms with van der Waals surface area (Å²) in [7, 11) is 1.85. The first-order chi connectivity index (χ1) is 8.06. The Morgan fingerprint density at radius 3 is 2.94 bits per heavy atom. The van der Waals surface area contributed by atoms with Gasteiger partial charge in [0.2, 0.25) is 5.91 Å². The zero-order chi connectivity index (χ0) is 12.4. The van der Waals surface area contributed by atoms with E-state index in [0.29, 0.717) is 0 Å². The number of nitrogens with one attached hydrogen (secondary N) is 1. The van der Waals surface area contributed by atoms with E-state index < -0.39 is 0 Å². The Bertz CT molecular complexity index is 413. The van der Waals surface area contributed by atoms with Crippen molar-refractivity contribution in [2.24, 2.45) is 18.7 Å². The molecule has 2 atom stereocenters. The number of anilines is 1. The standard InChI is InChI=1S/C12H20N4O/c1-8-11(7-16(2)15-8)14-12(17)9-4-3-5-10(13)6-9/h7,9-10H,3-6,13H2,1-2H3,(H,14,17). The maximum Gasteiger partial charge on any atom is 0.227 e. The van der Waals surface area contributed by atoms with Gasteiger partial charge in [-0.05, 0) is 26.2 Å². The molecular formula is C12H20N4O. The predicted octanol–water partition coefficient (Wildman–Crippen LogP) is 1.18. The fraction of sp³-hybridized carbons (Fsp3) is 0.667. The van der Waals surface area contributed by atoms with E-state index in [4.69, 9.17) is 5.73 Å². The number of aromatic nitrogens is 2. The van der Waals surface area contributed by atoms with Crippen LogP contribution < -0.4 is 11.1 Å². The SMILES string of the molecule is Cc1nn(C)cc1NC(=O)C1CCCC(N)C1. The summed E-state index contributed by atoms with van der Waals surface area (Å²) < 4.78 is 1.71. The molecule has 3 N–H and O–H groups in total. The van der Waals surface area contributed by atoms with Crippen molar-refractivity contribution < 1.29 is 4.79 Å². The molecule has 1 aliphatic rings. The van der Waals surface area contributed by atoms with Gasteiger partial charge in [0.1, 0.15) is 0 Å². The van der Waals surface area contributed by atoms with Gasteiger partial charge in [-0.15, -0.1) is 0 Å². The van der Waals surface area contributed by atoms with Gasteiger partial charge in [-0.2, -0.15) is 5.10 Å². The first-order valence-electron chi connectivity index (χ1n) is 6.13. The van der Waals surface area contributed by atoms with Gasteiger partial charge in [0.15, 0.2) is 0 Å². The zero-order valence-corrected chi connectivity index (χ0v) is 10.4. The van der Waals surface area contributed by atoms with Crippen LogP contribution in [0.25, 0.3) is 0 Å². The van der Waals surface area contributed by atoms with Crippen LogP contribution in [0, 0.1) is 12.8 Å². The van der Waals surface area contributed by atoms with E-state index in [0.717, 1.165) is 37.1 Å². The monoisotopic (exact) mass is 236 g/mol. The topological polar surface area (TPSA) is 72.9 Å². The first-order valence-corrected chi connectivity index (χ1v) is 6.13. The van der Waals surface area contributed by atoms with Crippen molar-refractivity contribution in [3.63, 3.8) is 0 Å². The highest BCUT2D eigenvalue weighted by atomic mass is 16.1. The van der Waals surface area contributed by atoms with Crippen molar-refractivity contribution in [1.29, 1.82) is 0 Å². The molecule has 1 aromatic heterocycles. The van der Waals surface area contributed by atoms with Gasteiger partial charge >= 0.3 is 0 Å². The predicted molar refractivity (Wildman–Crippen MR) is 66.5 cm³/mol. The van der Waals surface area contributed by atoms with Crippen LogP contribution in [0.4, 0.5) is 5.69 Å². The molecule has 1 saturated carbocycles. The highest BCUT2D eigenvalue weighted by Gasteiger charge is 2.25. The molecule has 5 heteroatoms. The van der Waals surface area contributed by atoms with Crippen LogP contribution in [0.3, 0.4) is 0 Å². The third-order valence-electron chi connectivity index (χ3n) is 3.36. The summed E-state index contributed by atoms with van der Waals surface area (Å²) in [4.78, 5) is 12.1. The van der Waals surface area contributed by atoms with Crippen LogP contribution in [0.1, 0.15) is 31.4 Å². The van der Waals surface area contributed by atoms with Gasteiger partial charge in [-0.25, -0.2) is 0 Å². The van der Waals surface area contributed by atoms with Gasteiger partial charge in [0.05, 0.1) is 11.4 Å². The highest BCUT2D eigenvalue weighted by Crippen LogP contribution is 2.24. The first kappa shape index (κ1) is 12.1. The molecule has 17 heavy (non-hydrogen) atoms. The summed E-state index contributed by atoms with van der Waals surface area (Å²) in [6, 6.07) is 0.175. The van der Waals surface area contributed by atoms with E-state index in [1.165, 1.54) is 0 Å². The van der Waals surface area contributed by atoms with Crippen molar-refractivity contribution in [3.05, 3.63) is 11.9 Å². The summed E-state index contributed by atoms with van der Waals surface area (Å²) >= 11 is 0. The van der Waals surface area contributed by atoms with Crippen molar-refractivity contribution in [2.75, 3.05) is 5.32 Å². The van der Waals surface area contributed by atoms with Crippen LogP contribution in [-0.2, 0) is 11.8 Å². The third kappa shape index (κ3) is 2.85. The summed E-state index contributed by atoms with van der Waals surface area (Å²) in [6.45, 7) is 1.89. The van der Waals surface area contributed by atoms with E-state index >= 15 is 0 Å². The Labute approximate surface area is 101 Å². The lowest BCUT2D eigenvalue weighted by atomic mass is 9.85. The lowest BCUT2D eigenvalue weighted by Crippen LogP contribution is -2.34. The van der Waals surface area contributed by atoms with E-state index in [1.807, 2.05) is 20.2 Å². The van der Waals surface area contributed by atoms with Gasteiger partial charge in [0, 0.05) is 25.2 Å². The lowest BCUT2D eigenvalue weighted by Gasteiger charge is -2.25. The molecule has 0 radical (unpaired) electrons. The molecule has 5 nitrogen and oxygen atoms in total. The zero-order valence-electron chi connectivity index (χ0n) is 10.4. The second-order valence-corrected chi connectivity index (χ2v) is 4.91. The summed E-state index contributed by atoms with van der Waals surface area (Å²) in [5, 5.41) is 7.14. The summed E-state index contributed by atoms with van der Waals surface area (Å²) in [5.74, 6) is 0.134. The highest BCUT2D eigenvalue weighted by molar-refractivity contribution is 5.93. The van der Waals surface area contributed by atoms with E-state index in [2.05, 4.69) is 10.4 Å². The van der Waals surface area contributed by atoms with E-state index in [9.17, 15) is 4.79 Å². The minimum absolute atomic E-state index is 0.0540. The Balaban J connectivity index is 1.99. The molecule has 1 aromatic rings. The summed E-state index contributed by atoms with van der Waals surface area (Å²) in [5.41, 5.74) is 7.54. The summed E-state index contributed by atoms with van der Waals surface area (Å²) in [6.07, 6.45) is 5.65. The molecule has 0 aromatic carbocycles. The molecule has 2 unspecified atom stereocenters. The van der Waals surface area contributed by atoms with Crippen LogP contribution in [0.15, 0.2) is 6.20 Å². The molecule has 1 amide bonds. The fourth-order valence-electron chi connectivity index (χ4n) is 2.42. The Morgan fingerprint density at radius 2 is 2.35 bits per heavy atom. The largest absolute Gasteiger partial charge is 0.328 e. The molecule has 2 rings (SSSR count). The second kappa shape index (κ2) is 4.87. The maximum absolute atomic E-state index is 12.1. The van der Waals surface area contributed by atoms with Crippen LogP contribution in [0.2, 0.25) is 0 Å². The van der Waals surface area contributed by atoms with Crippen molar-refractivity contribution >= 4 is 11.6 Å². The van der Waals surface area contributed by atoms with Crippen LogP contribution >= 0.6 is 0 Å². The number of carbonyl (C=O) groups excluding carboxylic acids is 1. The van der Waals surface area contributed by atoms with Crippen molar-refractivity contribution in [2.45, 2.75) is 38.6 Å². The number of rotatable bonds is 2. The van der Waals surface area contributed by atoms with Gasteiger partial charge < -0.3 is 11.1 Å². The Kier molecular flexibility index (Phi) is 3.47. The molecule has 0 bridgehead atoms. The molecule has 94 valence electrons. The molecule has 1 fully saturated rings. The number of hydrogen-bond acceptors (Lipinski definition) is 3. The number of aryl methyl sites for hydroxylation is 2. The minimum Gasteiger partial charge on any atom is -0.328 e. The Hall–Kier alpha value is -1.36. The average Bonchev–Trinajstić information content (AvgIpc) is 2.57. The molecular weight excluding hydrogens is 216 g/mol. The van der Waals surface area contributed by atoms with Crippen molar-refractivity contribution in [3.8, 4) is 0 Å². The molecule has 0 spiro atoms. The fourth-order valence-corrected chi connectivity index (χ4v) is 2.42. The van der Waals surface area contributed by atoms with E-state index in [1.54, 1.807) is 4.68 Å². The number of nitrogens with zero attached hydrogens (tertiary/aromatic N) is 2. The van der Waals surface area contributed by atoms with E-state index in [-0.39, 0.29) is 17.9 Å². The van der Waals surface area contributed by atoms with Crippen molar-refractivity contribution in [1.82, 2.24) is 9.78 Å². The molecule has 0 aliphatic heterocycles. The van der Waals surface area contributed by atoms with Gasteiger partial charge in [0.25, 0.3) is 0 Å². The number of carbonyl (C=O) groups is 1. The van der Waals surface area contributed by atoms with Crippen LogP contribution in [0.5, 0.6) is 0 Å². The number of hydrogen-bond donors (Lipinski definition) is 2. The number of nitrogens with two attached hydrogens (primary N) is 1. The maximum atomic E-state index is 12.1. The number of amides is 1. The third-order valence-corrected chi connectivity index (χ3v) is 3.36. The molecule has 1 heterocycles. The van der Waals surface area contributed by atoms with Gasteiger partial charge in [-0.1, -0.05) is 6.42 Å². The van der Waals surface area contributed by atoms with Crippen LogP contribution in [-0.4, -0.2) is 21.7 Å². The molecule has 1 aliphatic carbocycles. The second-order valence-electron chi connectivity index (χ2n) is 4.91.